The fourth-order valence-corrected chi connectivity index (χ4v) is 2.82. The summed E-state index contributed by atoms with van der Waals surface area (Å²) in [6.45, 7) is 1.24. The van der Waals surface area contributed by atoms with Crippen LogP contribution in [-0.4, -0.2) is 63.6 Å². The highest BCUT2D eigenvalue weighted by atomic mass is 32.2. The minimum atomic E-state index is -3.33. The first-order chi connectivity index (χ1) is 10.3. The summed E-state index contributed by atoms with van der Waals surface area (Å²) >= 11 is 0. The summed E-state index contributed by atoms with van der Waals surface area (Å²) < 4.78 is 29.5. The van der Waals surface area contributed by atoms with Gasteiger partial charge in [0.15, 0.2) is 0 Å². The van der Waals surface area contributed by atoms with Crippen molar-refractivity contribution in [2.45, 2.75) is 13.0 Å². The molecule has 124 valence electrons. The van der Waals surface area contributed by atoms with Gasteiger partial charge in [-0.3, -0.25) is 4.79 Å². The molecule has 6 nitrogen and oxygen atoms in total. The van der Waals surface area contributed by atoms with Crippen LogP contribution in [0.3, 0.4) is 0 Å². The number of hydrogen-bond donors (Lipinski definition) is 0. The van der Waals surface area contributed by atoms with Gasteiger partial charge in [-0.2, -0.15) is 4.31 Å². The second-order valence-electron chi connectivity index (χ2n) is 5.14. The highest BCUT2D eigenvalue weighted by Gasteiger charge is 2.18. The van der Waals surface area contributed by atoms with Gasteiger partial charge in [-0.1, -0.05) is 30.3 Å². The van der Waals surface area contributed by atoms with E-state index in [1.165, 1.54) is 11.4 Å². The van der Waals surface area contributed by atoms with E-state index >= 15 is 0 Å². The second kappa shape index (κ2) is 8.87. The minimum absolute atomic E-state index is 0.0880. The van der Waals surface area contributed by atoms with Gasteiger partial charge in [-0.15, -0.1) is 0 Å². The van der Waals surface area contributed by atoms with E-state index in [4.69, 9.17) is 4.74 Å². The largest absolute Gasteiger partial charge is 0.383 e. The summed E-state index contributed by atoms with van der Waals surface area (Å²) in [6.07, 6.45) is 1.29. The molecule has 0 aromatic heterocycles. The summed E-state index contributed by atoms with van der Waals surface area (Å²) in [5.74, 6) is -0.0880. The van der Waals surface area contributed by atoms with Gasteiger partial charge in [0, 0.05) is 40.2 Å². The number of benzene rings is 1. The maximum absolute atomic E-state index is 12.1. The zero-order valence-corrected chi connectivity index (χ0v) is 14.2. The van der Waals surface area contributed by atoms with Crippen molar-refractivity contribution in [3.05, 3.63) is 35.9 Å². The molecule has 0 fully saturated rings. The molecule has 0 radical (unpaired) electrons. The number of amides is 1. The summed E-state index contributed by atoms with van der Waals surface area (Å²) in [6, 6.07) is 9.66. The van der Waals surface area contributed by atoms with Crippen LogP contribution in [0.25, 0.3) is 0 Å². The van der Waals surface area contributed by atoms with Gasteiger partial charge in [-0.05, 0) is 5.56 Å². The van der Waals surface area contributed by atoms with Crippen molar-refractivity contribution in [1.82, 2.24) is 9.21 Å². The lowest BCUT2D eigenvalue weighted by Crippen LogP contribution is -2.37. The lowest BCUT2D eigenvalue weighted by atomic mass is 10.2. The van der Waals surface area contributed by atoms with E-state index in [0.717, 1.165) is 11.8 Å². The molecule has 1 aromatic rings. The molecule has 1 amide bonds. The number of nitrogens with zero attached hydrogens (tertiary/aromatic N) is 2. The third-order valence-electron chi connectivity index (χ3n) is 3.28. The summed E-state index contributed by atoms with van der Waals surface area (Å²) in [7, 11) is -0.104. The predicted molar refractivity (Wildman–Crippen MR) is 85.8 cm³/mol. The van der Waals surface area contributed by atoms with Crippen LogP contribution < -0.4 is 0 Å². The van der Waals surface area contributed by atoms with Gasteiger partial charge >= 0.3 is 0 Å². The van der Waals surface area contributed by atoms with Crippen LogP contribution >= 0.6 is 0 Å². The molecule has 0 aliphatic carbocycles. The molecule has 0 aliphatic heterocycles. The van der Waals surface area contributed by atoms with Crippen LogP contribution in [-0.2, 0) is 26.1 Å². The highest BCUT2D eigenvalue weighted by Crippen LogP contribution is 2.06. The maximum Gasteiger partial charge on any atom is 0.223 e. The first-order valence-electron chi connectivity index (χ1n) is 7.06. The fraction of sp³-hybridized carbons (Fsp3) is 0.533. The van der Waals surface area contributed by atoms with Gasteiger partial charge < -0.3 is 9.64 Å². The number of carbonyl (C=O) groups is 1. The SMILES string of the molecule is COCCN(CCC(=O)N(C)Cc1ccccc1)S(C)(=O)=O. The Morgan fingerprint density at radius 3 is 2.36 bits per heavy atom. The first-order valence-corrected chi connectivity index (χ1v) is 8.91. The lowest BCUT2D eigenvalue weighted by Gasteiger charge is -2.22. The number of sulfonamides is 1. The number of ether oxygens (including phenoxy) is 1. The van der Waals surface area contributed by atoms with Crippen molar-refractivity contribution in [2.75, 3.05) is 40.1 Å². The van der Waals surface area contributed by atoms with Crippen LogP contribution in [0.2, 0.25) is 0 Å². The molecule has 7 heteroatoms. The molecule has 0 unspecified atom stereocenters. The van der Waals surface area contributed by atoms with Crippen molar-refractivity contribution < 1.29 is 17.9 Å². The molecule has 0 heterocycles. The minimum Gasteiger partial charge on any atom is -0.383 e. The highest BCUT2D eigenvalue weighted by molar-refractivity contribution is 7.88. The summed E-state index contributed by atoms with van der Waals surface area (Å²) in [5.41, 5.74) is 1.04. The molecular weight excluding hydrogens is 304 g/mol. The van der Waals surface area contributed by atoms with Gasteiger partial charge in [0.1, 0.15) is 0 Å². The van der Waals surface area contributed by atoms with E-state index in [1.54, 1.807) is 11.9 Å². The Labute approximate surface area is 132 Å². The normalized spacial score (nSPS) is 11.6. The molecule has 0 bridgehead atoms. The Morgan fingerprint density at radius 2 is 1.82 bits per heavy atom. The topological polar surface area (TPSA) is 66.9 Å². The predicted octanol–water partition coefficient (Wildman–Crippen LogP) is 0.943. The van der Waals surface area contributed by atoms with Crippen molar-refractivity contribution in [3.63, 3.8) is 0 Å². The summed E-state index contributed by atoms with van der Waals surface area (Å²) in [4.78, 5) is 13.7. The Bertz CT molecular complexity index is 560. The van der Waals surface area contributed by atoms with Crippen LogP contribution in [0.15, 0.2) is 30.3 Å². The van der Waals surface area contributed by atoms with Crippen molar-refractivity contribution in [1.29, 1.82) is 0 Å². The molecular formula is C15H24N2O4S. The Kier molecular flexibility index (Phi) is 7.50. The smallest absolute Gasteiger partial charge is 0.223 e. The van der Waals surface area contributed by atoms with E-state index < -0.39 is 10.0 Å². The molecule has 0 saturated heterocycles. The zero-order valence-electron chi connectivity index (χ0n) is 13.4. The number of carbonyl (C=O) groups excluding carboxylic acids is 1. The number of rotatable bonds is 9. The fourth-order valence-electron chi connectivity index (χ4n) is 1.99. The van der Waals surface area contributed by atoms with Crippen LogP contribution in [0, 0.1) is 0 Å². The summed E-state index contributed by atoms with van der Waals surface area (Å²) in [5, 5.41) is 0. The van der Waals surface area contributed by atoms with Crippen molar-refractivity contribution >= 4 is 15.9 Å². The van der Waals surface area contributed by atoms with Crippen LogP contribution in [0.5, 0.6) is 0 Å². The molecule has 0 spiro atoms. The first kappa shape index (κ1) is 18.6. The van der Waals surface area contributed by atoms with Gasteiger partial charge in [-0.25, -0.2) is 8.42 Å². The van der Waals surface area contributed by atoms with Gasteiger partial charge in [0.25, 0.3) is 0 Å². The molecule has 22 heavy (non-hydrogen) atoms. The average Bonchev–Trinajstić information content (AvgIpc) is 2.46. The molecule has 0 aliphatic rings. The average molecular weight is 328 g/mol. The lowest BCUT2D eigenvalue weighted by molar-refractivity contribution is -0.130. The Balaban J connectivity index is 2.52. The van der Waals surface area contributed by atoms with Crippen molar-refractivity contribution in [3.8, 4) is 0 Å². The standard InChI is InChI=1S/C15H24N2O4S/c1-16(13-14-7-5-4-6-8-14)15(18)9-10-17(11-12-21-2)22(3,19)20/h4-8H,9-13H2,1-3H3. The van der Waals surface area contributed by atoms with Gasteiger partial charge in [0.05, 0.1) is 12.9 Å². The van der Waals surface area contributed by atoms with E-state index in [-0.39, 0.29) is 25.4 Å². The second-order valence-corrected chi connectivity index (χ2v) is 7.12. The number of methoxy groups -OCH3 is 1. The third kappa shape index (κ3) is 6.55. The number of hydrogen-bond acceptors (Lipinski definition) is 4. The van der Waals surface area contributed by atoms with Crippen molar-refractivity contribution in [2.24, 2.45) is 0 Å². The molecule has 0 N–H and O–H groups in total. The van der Waals surface area contributed by atoms with Crippen LogP contribution in [0.1, 0.15) is 12.0 Å². The molecule has 1 rings (SSSR count). The molecule has 1 aromatic carbocycles. The van der Waals surface area contributed by atoms with E-state index in [0.29, 0.717) is 13.2 Å². The quantitative estimate of drug-likeness (QED) is 0.677. The molecule has 0 saturated carbocycles. The van der Waals surface area contributed by atoms with Gasteiger partial charge in [0.2, 0.25) is 15.9 Å². The zero-order chi connectivity index (χ0) is 16.6. The third-order valence-corrected chi connectivity index (χ3v) is 4.58. The Morgan fingerprint density at radius 1 is 1.18 bits per heavy atom. The maximum atomic E-state index is 12.1. The van der Waals surface area contributed by atoms with E-state index in [9.17, 15) is 13.2 Å². The molecule has 0 atom stereocenters. The monoisotopic (exact) mass is 328 g/mol. The van der Waals surface area contributed by atoms with E-state index in [2.05, 4.69) is 0 Å². The van der Waals surface area contributed by atoms with Crippen LogP contribution in [0.4, 0.5) is 0 Å². The van der Waals surface area contributed by atoms with E-state index in [1.807, 2.05) is 30.3 Å². The Hall–Kier alpha value is -1.44.